The third-order valence-corrected chi connectivity index (χ3v) is 1.84. The monoisotopic (exact) mass is 229 g/mol. The smallest absolute Gasteiger partial charge is 0.407 e. The van der Waals surface area contributed by atoms with Gasteiger partial charge in [0, 0.05) is 5.57 Å². The standard InChI is InChI=1S/C11H19NO4/c1-5-9(4)16-11(14)12-6-7-15-10(13)8(2)3/h9H,2,5-7H2,1,3-4H3,(H,12,14). The Morgan fingerprint density at radius 1 is 1.44 bits per heavy atom. The van der Waals surface area contributed by atoms with E-state index in [1.54, 1.807) is 13.8 Å². The Morgan fingerprint density at radius 3 is 2.56 bits per heavy atom. The zero-order valence-corrected chi connectivity index (χ0v) is 10.0. The number of amides is 1. The maximum atomic E-state index is 11.1. The van der Waals surface area contributed by atoms with Crippen LogP contribution < -0.4 is 5.32 Å². The Balaban J connectivity index is 3.55. The molecule has 0 aromatic rings. The molecule has 0 aromatic heterocycles. The van der Waals surface area contributed by atoms with E-state index >= 15 is 0 Å². The summed E-state index contributed by atoms with van der Waals surface area (Å²) >= 11 is 0. The molecular formula is C11H19NO4. The minimum absolute atomic E-state index is 0.112. The molecule has 5 heteroatoms. The van der Waals surface area contributed by atoms with Gasteiger partial charge in [0.05, 0.1) is 6.54 Å². The molecule has 0 spiro atoms. The number of esters is 1. The van der Waals surface area contributed by atoms with Crippen LogP contribution >= 0.6 is 0 Å². The summed E-state index contributed by atoms with van der Waals surface area (Å²) in [6.07, 6.45) is 0.150. The highest BCUT2D eigenvalue weighted by molar-refractivity contribution is 5.86. The zero-order valence-electron chi connectivity index (χ0n) is 10.0. The van der Waals surface area contributed by atoms with E-state index in [2.05, 4.69) is 11.9 Å². The Kier molecular flexibility index (Phi) is 7.00. The number of carbonyl (C=O) groups is 2. The third kappa shape index (κ3) is 6.86. The molecule has 0 aliphatic carbocycles. The van der Waals surface area contributed by atoms with Crippen LogP contribution in [0.3, 0.4) is 0 Å². The Hall–Kier alpha value is -1.52. The lowest BCUT2D eigenvalue weighted by Gasteiger charge is -2.11. The van der Waals surface area contributed by atoms with Gasteiger partial charge in [-0.15, -0.1) is 0 Å². The van der Waals surface area contributed by atoms with Gasteiger partial charge < -0.3 is 14.8 Å². The second-order valence-corrected chi connectivity index (χ2v) is 3.47. The molecule has 0 rings (SSSR count). The van der Waals surface area contributed by atoms with Crippen LogP contribution in [0.25, 0.3) is 0 Å². The van der Waals surface area contributed by atoms with E-state index in [9.17, 15) is 9.59 Å². The van der Waals surface area contributed by atoms with Crippen LogP contribution in [0.1, 0.15) is 27.2 Å². The average Bonchev–Trinajstić information content (AvgIpc) is 2.23. The summed E-state index contributed by atoms with van der Waals surface area (Å²) in [7, 11) is 0. The van der Waals surface area contributed by atoms with E-state index in [0.29, 0.717) is 5.57 Å². The van der Waals surface area contributed by atoms with Crippen molar-refractivity contribution in [1.82, 2.24) is 5.32 Å². The van der Waals surface area contributed by atoms with Crippen molar-refractivity contribution >= 4 is 12.1 Å². The number of alkyl carbamates (subject to hydrolysis) is 1. The van der Waals surface area contributed by atoms with Gasteiger partial charge in [-0.2, -0.15) is 0 Å². The first-order valence-electron chi connectivity index (χ1n) is 5.24. The summed E-state index contributed by atoms with van der Waals surface area (Å²) in [5.41, 5.74) is 0.335. The van der Waals surface area contributed by atoms with Crippen molar-refractivity contribution in [1.29, 1.82) is 0 Å². The number of rotatable bonds is 6. The largest absolute Gasteiger partial charge is 0.460 e. The maximum Gasteiger partial charge on any atom is 0.407 e. The summed E-state index contributed by atoms with van der Waals surface area (Å²) in [6, 6.07) is 0. The molecule has 1 amide bonds. The second kappa shape index (κ2) is 7.73. The van der Waals surface area contributed by atoms with E-state index in [4.69, 9.17) is 9.47 Å². The van der Waals surface area contributed by atoms with Crippen LogP contribution in [0.2, 0.25) is 0 Å². The van der Waals surface area contributed by atoms with Crippen LogP contribution in [0, 0.1) is 0 Å². The summed E-state index contributed by atoms with van der Waals surface area (Å²) in [4.78, 5) is 22.0. The predicted octanol–water partition coefficient (Wildman–Crippen LogP) is 1.63. The van der Waals surface area contributed by atoms with Crippen molar-refractivity contribution < 1.29 is 19.1 Å². The minimum Gasteiger partial charge on any atom is -0.460 e. The lowest BCUT2D eigenvalue weighted by molar-refractivity contribution is -0.138. The molecule has 0 saturated carbocycles. The first-order valence-corrected chi connectivity index (χ1v) is 5.24. The summed E-state index contributed by atoms with van der Waals surface area (Å²) in [6.45, 7) is 9.07. The van der Waals surface area contributed by atoms with E-state index < -0.39 is 12.1 Å². The highest BCUT2D eigenvalue weighted by atomic mass is 16.6. The van der Waals surface area contributed by atoms with Crippen molar-refractivity contribution in [2.24, 2.45) is 0 Å². The van der Waals surface area contributed by atoms with Gasteiger partial charge in [0.2, 0.25) is 0 Å². The van der Waals surface area contributed by atoms with Crippen molar-refractivity contribution in [2.75, 3.05) is 13.2 Å². The van der Waals surface area contributed by atoms with E-state index in [-0.39, 0.29) is 19.3 Å². The number of ether oxygens (including phenoxy) is 2. The quantitative estimate of drug-likeness (QED) is 0.427. The first-order chi connectivity index (χ1) is 7.47. The van der Waals surface area contributed by atoms with Gasteiger partial charge in [-0.1, -0.05) is 13.5 Å². The lowest BCUT2D eigenvalue weighted by Crippen LogP contribution is -2.31. The highest BCUT2D eigenvalue weighted by Crippen LogP contribution is 1.95. The molecule has 0 aromatic carbocycles. The number of nitrogens with one attached hydrogen (secondary N) is 1. The molecule has 5 nitrogen and oxygen atoms in total. The molecule has 0 bridgehead atoms. The number of hydrogen-bond acceptors (Lipinski definition) is 4. The molecule has 0 heterocycles. The van der Waals surface area contributed by atoms with Gasteiger partial charge in [-0.05, 0) is 20.3 Å². The van der Waals surface area contributed by atoms with Crippen LogP contribution in [-0.2, 0) is 14.3 Å². The van der Waals surface area contributed by atoms with E-state index in [1.807, 2.05) is 6.92 Å². The van der Waals surface area contributed by atoms with Crippen LogP contribution in [0.15, 0.2) is 12.2 Å². The summed E-state index contributed by atoms with van der Waals surface area (Å²) in [5.74, 6) is -0.461. The molecule has 0 saturated heterocycles. The molecule has 1 unspecified atom stereocenters. The molecular weight excluding hydrogens is 210 g/mol. The second-order valence-electron chi connectivity index (χ2n) is 3.47. The molecule has 0 fully saturated rings. The Bertz CT molecular complexity index is 263. The number of carbonyl (C=O) groups excluding carboxylic acids is 2. The average molecular weight is 229 g/mol. The maximum absolute atomic E-state index is 11.1. The first kappa shape index (κ1) is 14.5. The van der Waals surface area contributed by atoms with Gasteiger partial charge in [0.25, 0.3) is 0 Å². The Labute approximate surface area is 95.8 Å². The fourth-order valence-electron chi connectivity index (χ4n) is 0.728. The molecule has 0 aliphatic heterocycles. The Morgan fingerprint density at radius 2 is 2.06 bits per heavy atom. The fraction of sp³-hybridized carbons (Fsp3) is 0.636. The minimum atomic E-state index is -0.499. The third-order valence-electron chi connectivity index (χ3n) is 1.84. The van der Waals surface area contributed by atoms with Gasteiger partial charge in [0.15, 0.2) is 0 Å². The zero-order chi connectivity index (χ0) is 12.6. The molecule has 0 aliphatic rings. The lowest BCUT2D eigenvalue weighted by atomic mass is 10.3. The van der Waals surface area contributed by atoms with Gasteiger partial charge in [-0.3, -0.25) is 0 Å². The van der Waals surface area contributed by atoms with Crippen molar-refractivity contribution in [2.45, 2.75) is 33.3 Å². The molecule has 16 heavy (non-hydrogen) atoms. The van der Waals surface area contributed by atoms with Crippen LogP contribution in [-0.4, -0.2) is 31.3 Å². The van der Waals surface area contributed by atoms with Crippen LogP contribution in [0.5, 0.6) is 0 Å². The highest BCUT2D eigenvalue weighted by Gasteiger charge is 2.07. The van der Waals surface area contributed by atoms with E-state index in [0.717, 1.165) is 6.42 Å². The van der Waals surface area contributed by atoms with Crippen molar-refractivity contribution in [3.8, 4) is 0 Å². The fourth-order valence-corrected chi connectivity index (χ4v) is 0.728. The molecule has 92 valence electrons. The van der Waals surface area contributed by atoms with Crippen molar-refractivity contribution in [3.05, 3.63) is 12.2 Å². The van der Waals surface area contributed by atoms with Gasteiger partial charge >= 0.3 is 12.1 Å². The predicted molar refractivity (Wildman–Crippen MR) is 60.0 cm³/mol. The van der Waals surface area contributed by atoms with Crippen LogP contribution in [0.4, 0.5) is 4.79 Å². The molecule has 0 radical (unpaired) electrons. The summed E-state index contributed by atoms with van der Waals surface area (Å²) < 4.78 is 9.72. The topological polar surface area (TPSA) is 64.6 Å². The summed E-state index contributed by atoms with van der Waals surface area (Å²) in [5, 5.41) is 2.47. The number of hydrogen-bond donors (Lipinski definition) is 1. The van der Waals surface area contributed by atoms with Crippen molar-refractivity contribution in [3.63, 3.8) is 0 Å². The van der Waals surface area contributed by atoms with E-state index in [1.165, 1.54) is 0 Å². The normalized spacial score (nSPS) is 11.4. The molecule has 1 atom stereocenters. The van der Waals surface area contributed by atoms with Gasteiger partial charge in [-0.25, -0.2) is 9.59 Å². The molecule has 1 N–H and O–H groups in total. The SMILES string of the molecule is C=C(C)C(=O)OCCNC(=O)OC(C)CC. The van der Waals surface area contributed by atoms with Gasteiger partial charge in [0.1, 0.15) is 12.7 Å².